The van der Waals surface area contributed by atoms with Crippen LogP contribution in [0, 0.1) is 13.8 Å². The second-order valence-corrected chi connectivity index (χ2v) is 6.53. The van der Waals surface area contributed by atoms with E-state index in [1.807, 2.05) is 26.0 Å². The predicted molar refractivity (Wildman–Crippen MR) is 94.0 cm³/mol. The number of hydrogen-bond acceptors (Lipinski definition) is 3. The Morgan fingerprint density at radius 3 is 2.44 bits per heavy atom. The van der Waals surface area contributed by atoms with Crippen molar-refractivity contribution in [1.82, 2.24) is 4.90 Å². The van der Waals surface area contributed by atoms with Crippen molar-refractivity contribution in [2.45, 2.75) is 26.3 Å². The zero-order valence-electron chi connectivity index (χ0n) is 14.6. The lowest BCUT2D eigenvalue weighted by atomic mass is 9.96. The molecule has 3 rings (SSSR count). The summed E-state index contributed by atoms with van der Waals surface area (Å²) in [5, 5.41) is 8.95. The van der Waals surface area contributed by atoms with Gasteiger partial charge in [0.25, 0.3) is 0 Å². The molecule has 1 N–H and O–H groups in total. The number of carbonyl (C=O) groups is 2. The van der Waals surface area contributed by atoms with Gasteiger partial charge in [-0.1, -0.05) is 18.2 Å². The monoisotopic (exact) mass is 339 g/mol. The lowest BCUT2D eigenvalue weighted by Gasteiger charge is -2.21. The zero-order chi connectivity index (χ0) is 18.1. The average molecular weight is 339 g/mol. The van der Waals surface area contributed by atoms with Crippen molar-refractivity contribution in [2.24, 2.45) is 0 Å². The minimum atomic E-state index is -0.957. The molecule has 5 heteroatoms. The number of carboxylic acids is 1. The first kappa shape index (κ1) is 17.0. The Morgan fingerprint density at radius 1 is 1.16 bits per heavy atom. The first-order chi connectivity index (χ1) is 11.9. The highest BCUT2D eigenvalue weighted by atomic mass is 16.5. The van der Waals surface area contributed by atoms with Gasteiger partial charge in [-0.2, -0.15) is 0 Å². The van der Waals surface area contributed by atoms with Crippen LogP contribution in [0.2, 0.25) is 0 Å². The molecule has 1 atom stereocenters. The molecule has 0 bridgehead atoms. The number of likely N-dealkylation sites (N-methyl/N-ethyl adjacent to an activating group) is 1. The molecule has 1 unspecified atom stereocenters. The van der Waals surface area contributed by atoms with Crippen LogP contribution in [0.3, 0.4) is 0 Å². The van der Waals surface area contributed by atoms with E-state index in [0.717, 1.165) is 28.0 Å². The number of aryl methyl sites for hydroxylation is 2. The van der Waals surface area contributed by atoms with Crippen molar-refractivity contribution < 1.29 is 19.4 Å². The van der Waals surface area contributed by atoms with E-state index >= 15 is 0 Å². The number of fused-ring (bicyclic) bond motifs is 1. The van der Waals surface area contributed by atoms with Crippen LogP contribution in [-0.2, 0) is 11.3 Å². The van der Waals surface area contributed by atoms with E-state index in [9.17, 15) is 9.59 Å². The summed E-state index contributed by atoms with van der Waals surface area (Å²) in [5.74, 6) is -0.455. The molecular weight excluding hydrogens is 318 g/mol. The van der Waals surface area contributed by atoms with Gasteiger partial charge in [-0.25, -0.2) is 4.79 Å². The third-order valence-corrected chi connectivity index (χ3v) is 4.70. The standard InChI is InChI=1S/C20H21NO4/c1-12-8-16-17(11-25-18(16)9-13(12)2)19(22)21(3)10-14-4-6-15(7-5-14)20(23)24/h4-9,17H,10-11H2,1-3H3,(H,23,24). The first-order valence-corrected chi connectivity index (χ1v) is 8.18. The van der Waals surface area contributed by atoms with E-state index in [1.54, 1.807) is 36.2 Å². The molecular formula is C20H21NO4. The molecule has 0 aliphatic carbocycles. The second kappa shape index (κ2) is 6.59. The average Bonchev–Trinajstić information content (AvgIpc) is 2.97. The van der Waals surface area contributed by atoms with Crippen LogP contribution in [0.4, 0.5) is 0 Å². The number of carbonyl (C=O) groups excluding carboxylic acids is 1. The fourth-order valence-corrected chi connectivity index (χ4v) is 3.05. The van der Waals surface area contributed by atoms with Crippen molar-refractivity contribution in [3.8, 4) is 5.75 Å². The van der Waals surface area contributed by atoms with E-state index in [4.69, 9.17) is 9.84 Å². The van der Waals surface area contributed by atoms with Crippen molar-refractivity contribution in [2.75, 3.05) is 13.7 Å². The van der Waals surface area contributed by atoms with Crippen LogP contribution in [0.25, 0.3) is 0 Å². The van der Waals surface area contributed by atoms with Gasteiger partial charge < -0.3 is 14.7 Å². The topological polar surface area (TPSA) is 66.8 Å². The van der Waals surface area contributed by atoms with Crippen LogP contribution in [0.15, 0.2) is 36.4 Å². The maximum atomic E-state index is 12.8. The molecule has 1 amide bonds. The minimum absolute atomic E-state index is 0.00399. The summed E-state index contributed by atoms with van der Waals surface area (Å²) in [5.41, 5.74) is 4.37. The lowest BCUT2D eigenvalue weighted by Crippen LogP contribution is -2.32. The molecule has 1 aliphatic rings. The Morgan fingerprint density at radius 2 is 1.80 bits per heavy atom. The fourth-order valence-electron chi connectivity index (χ4n) is 3.05. The fraction of sp³-hybridized carbons (Fsp3) is 0.300. The molecule has 0 aromatic heterocycles. The summed E-state index contributed by atoms with van der Waals surface area (Å²) >= 11 is 0. The number of rotatable bonds is 4. The number of hydrogen-bond donors (Lipinski definition) is 1. The van der Waals surface area contributed by atoms with Crippen molar-refractivity contribution in [1.29, 1.82) is 0 Å². The van der Waals surface area contributed by atoms with Crippen molar-refractivity contribution >= 4 is 11.9 Å². The number of nitrogens with zero attached hydrogens (tertiary/aromatic N) is 1. The van der Waals surface area contributed by atoms with E-state index < -0.39 is 5.97 Å². The maximum absolute atomic E-state index is 12.8. The third-order valence-electron chi connectivity index (χ3n) is 4.70. The van der Waals surface area contributed by atoms with E-state index in [-0.39, 0.29) is 17.4 Å². The quantitative estimate of drug-likeness (QED) is 0.929. The number of benzene rings is 2. The molecule has 25 heavy (non-hydrogen) atoms. The Balaban J connectivity index is 1.74. The van der Waals surface area contributed by atoms with Gasteiger partial charge in [0.15, 0.2) is 0 Å². The molecule has 0 saturated heterocycles. The Hall–Kier alpha value is -2.82. The van der Waals surface area contributed by atoms with Crippen LogP contribution >= 0.6 is 0 Å². The first-order valence-electron chi connectivity index (χ1n) is 8.18. The van der Waals surface area contributed by atoms with Gasteiger partial charge in [0.1, 0.15) is 18.3 Å². The molecule has 1 aliphatic heterocycles. The Bertz CT molecular complexity index is 826. The van der Waals surface area contributed by atoms with Crippen molar-refractivity contribution in [3.05, 3.63) is 64.2 Å². The Kier molecular flexibility index (Phi) is 4.49. The smallest absolute Gasteiger partial charge is 0.335 e. The molecule has 0 fully saturated rings. The lowest BCUT2D eigenvalue weighted by molar-refractivity contribution is -0.132. The largest absolute Gasteiger partial charge is 0.492 e. The van der Waals surface area contributed by atoms with Gasteiger partial charge in [-0.05, 0) is 48.7 Å². The van der Waals surface area contributed by atoms with Gasteiger partial charge in [-0.15, -0.1) is 0 Å². The van der Waals surface area contributed by atoms with E-state index in [1.165, 1.54) is 0 Å². The molecule has 1 heterocycles. The van der Waals surface area contributed by atoms with E-state index in [0.29, 0.717) is 13.2 Å². The molecule has 130 valence electrons. The molecule has 5 nitrogen and oxygen atoms in total. The highest BCUT2D eigenvalue weighted by Crippen LogP contribution is 2.37. The summed E-state index contributed by atoms with van der Waals surface area (Å²) in [7, 11) is 1.76. The second-order valence-electron chi connectivity index (χ2n) is 6.53. The molecule has 0 saturated carbocycles. The van der Waals surface area contributed by atoms with Crippen LogP contribution < -0.4 is 4.74 Å². The van der Waals surface area contributed by atoms with Crippen LogP contribution in [0.5, 0.6) is 5.75 Å². The van der Waals surface area contributed by atoms with Gasteiger partial charge in [0.05, 0.1) is 5.56 Å². The summed E-state index contributed by atoms with van der Waals surface area (Å²) < 4.78 is 5.70. The number of aromatic carboxylic acids is 1. The number of amides is 1. The minimum Gasteiger partial charge on any atom is -0.492 e. The third kappa shape index (κ3) is 3.36. The summed E-state index contributed by atoms with van der Waals surface area (Å²) in [6.45, 7) is 4.85. The summed E-state index contributed by atoms with van der Waals surface area (Å²) in [6, 6.07) is 10.6. The molecule has 2 aromatic rings. The number of ether oxygens (including phenoxy) is 1. The van der Waals surface area contributed by atoms with Gasteiger partial charge in [-0.3, -0.25) is 4.79 Å². The maximum Gasteiger partial charge on any atom is 0.335 e. The summed E-state index contributed by atoms with van der Waals surface area (Å²) in [4.78, 5) is 25.4. The SMILES string of the molecule is Cc1cc2c(cc1C)C(C(=O)N(C)Cc1ccc(C(=O)O)cc1)CO2. The number of carboxylic acid groups (broad SMARTS) is 1. The highest BCUT2D eigenvalue weighted by Gasteiger charge is 2.32. The van der Waals surface area contributed by atoms with Gasteiger partial charge in [0.2, 0.25) is 5.91 Å². The molecule has 0 spiro atoms. The van der Waals surface area contributed by atoms with Crippen LogP contribution in [0.1, 0.15) is 38.5 Å². The molecule has 0 radical (unpaired) electrons. The highest BCUT2D eigenvalue weighted by molar-refractivity contribution is 5.87. The summed E-state index contributed by atoms with van der Waals surface area (Å²) in [6.07, 6.45) is 0. The normalized spacial score (nSPS) is 15.4. The van der Waals surface area contributed by atoms with Gasteiger partial charge >= 0.3 is 5.97 Å². The zero-order valence-corrected chi connectivity index (χ0v) is 14.6. The van der Waals surface area contributed by atoms with Crippen LogP contribution in [-0.4, -0.2) is 35.5 Å². The van der Waals surface area contributed by atoms with Crippen molar-refractivity contribution in [3.63, 3.8) is 0 Å². The predicted octanol–water partition coefficient (Wildman–Crippen LogP) is 3.14. The van der Waals surface area contributed by atoms with E-state index in [2.05, 4.69) is 0 Å². The van der Waals surface area contributed by atoms with Gasteiger partial charge in [0, 0.05) is 19.2 Å². The molecule has 2 aromatic carbocycles. The Labute approximate surface area is 146 Å².